The molecular formula is C32H39N5O6. The fourth-order valence-electron chi connectivity index (χ4n) is 5.66. The van der Waals surface area contributed by atoms with Crippen LogP contribution in [0, 0.1) is 16.0 Å². The summed E-state index contributed by atoms with van der Waals surface area (Å²) in [6.07, 6.45) is -1.01. The molecular weight excluding hydrogens is 550 g/mol. The van der Waals surface area contributed by atoms with Crippen molar-refractivity contribution in [1.29, 1.82) is 0 Å². The van der Waals surface area contributed by atoms with Crippen molar-refractivity contribution < 1.29 is 24.3 Å². The molecule has 0 radical (unpaired) electrons. The molecule has 0 saturated carbocycles. The summed E-state index contributed by atoms with van der Waals surface area (Å²) < 4.78 is 13.2. The number of piperazine rings is 1. The standard InChI is InChI=1S/C32H39N5O6/c1-3-33-32(39)34-26-6-4-5-25(19-26)31-42-29(22(2)30(43-31)24-9-7-23(21-38)8-10-24)20-35-15-17-36(18-16-35)27-11-13-28(14-12-27)37(40)41/h4-14,19,22,29-31,38H,3,15-18,20-21H2,1-2H3,(H2,33,34,39). The third-order valence-corrected chi connectivity index (χ3v) is 8.11. The molecule has 3 aromatic carbocycles. The monoisotopic (exact) mass is 589 g/mol. The summed E-state index contributed by atoms with van der Waals surface area (Å²) in [5.41, 5.74) is 4.39. The van der Waals surface area contributed by atoms with Crippen LogP contribution < -0.4 is 15.5 Å². The van der Waals surface area contributed by atoms with Gasteiger partial charge in [0.05, 0.1) is 23.7 Å². The van der Waals surface area contributed by atoms with E-state index >= 15 is 0 Å². The van der Waals surface area contributed by atoms with E-state index in [4.69, 9.17) is 9.47 Å². The largest absolute Gasteiger partial charge is 0.392 e. The van der Waals surface area contributed by atoms with Crippen molar-refractivity contribution in [3.8, 4) is 0 Å². The minimum absolute atomic E-state index is 0.0209. The molecule has 5 rings (SSSR count). The van der Waals surface area contributed by atoms with E-state index in [1.54, 1.807) is 12.1 Å². The Balaban J connectivity index is 1.31. The van der Waals surface area contributed by atoms with Crippen LogP contribution in [0.1, 0.15) is 42.9 Å². The molecule has 2 heterocycles. The first-order valence-corrected chi connectivity index (χ1v) is 14.7. The Morgan fingerprint density at radius 3 is 2.37 bits per heavy atom. The highest BCUT2D eigenvalue weighted by Crippen LogP contribution is 2.42. The lowest BCUT2D eigenvalue weighted by atomic mass is 9.90. The molecule has 0 aliphatic carbocycles. The number of aliphatic hydroxyl groups is 1. The molecule has 4 atom stereocenters. The van der Waals surface area contributed by atoms with Crippen LogP contribution in [0.4, 0.5) is 21.9 Å². The minimum atomic E-state index is -0.638. The summed E-state index contributed by atoms with van der Waals surface area (Å²) in [4.78, 5) is 27.4. The summed E-state index contributed by atoms with van der Waals surface area (Å²) in [6.45, 7) is 8.50. The number of hydrogen-bond donors (Lipinski definition) is 3. The first kappa shape index (κ1) is 30.4. The molecule has 0 bridgehead atoms. The molecule has 2 fully saturated rings. The second-order valence-electron chi connectivity index (χ2n) is 11.0. The van der Waals surface area contributed by atoms with Gasteiger partial charge >= 0.3 is 6.03 Å². The summed E-state index contributed by atoms with van der Waals surface area (Å²) in [5, 5.41) is 26.2. The molecule has 4 unspecified atom stereocenters. The molecule has 0 aromatic heterocycles. The lowest BCUT2D eigenvalue weighted by molar-refractivity contribution is -0.384. The lowest BCUT2D eigenvalue weighted by Crippen LogP contribution is -2.51. The molecule has 3 N–H and O–H groups in total. The van der Waals surface area contributed by atoms with Crippen LogP contribution >= 0.6 is 0 Å². The first-order chi connectivity index (χ1) is 20.8. The molecule has 2 aliphatic rings. The van der Waals surface area contributed by atoms with Crippen LogP contribution in [0.2, 0.25) is 0 Å². The zero-order chi connectivity index (χ0) is 30.3. The highest BCUT2D eigenvalue weighted by Gasteiger charge is 2.39. The van der Waals surface area contributed by atoms with Gasteiger partial charge < -0.3 is 30.1 Å². The Hall–Kier alpha value is -4.03. The van der Waals surface area contributed by atoms with Crippen LogP contribution in [-0.4, -0.2) is 66.3 Å². The first-order valence-electron chi connectivity index (χ1n) is 14.7. The van der Waals surface area contributed by atoms with Crippen molar-refractivity contribution in [2.75, 3.05) is 49.5 Å². The van der Waals surface area contributed by atoms with E-state index < -0.39 is 6.29 Å². The van der Waals surface area contributed by atoms with Crippen LogP contribution in [0.15, 0.2) is 72.8 Å². The van der Waals surface area contributed by atoms with Gasteiger partial charge in [0.1, 0.15) is 0 Å². The van der Waals surface area contributed by atoms with Gasteiger partial charge in [-0.05, 0) is 42.3 Å². The number of rotatable bonds is 9. The highest BCUT2D eigenvalue weighted by molar-refractivity contribution is 5.89. The van der Waals surface area contributed by atoms with Crippen LogP contribution in [0.25, 0.3) is 0 Å². The van der Waals surface area contributed by atoms with Crippen molar-refractivity contribution in [3.05, 3.63) is 99.6 Å². The number of ether oxygens (including phenoxy) is 2. The number of non-ortho nitro benzene ring substituents is 1. The van der Waals surface area contributed by atoms with Gasteiger partial charge in [-0.3, -0.25) is 15.0 Å². The molecule has 3 aromatic rings. The number of carbonyl (C=O) groups is 1. The average Bonchev–Trinajstić information content (AvgIpc) is 3.03. The number of hydrogen-bond acceptors (Lipinski definition) is 8. The van der Waals surface area contributed by atoms with Gasteiger partial charge in [0.15, 0.2) is 6.29 Å². The fraction of sp³-hybridized carbons (Fsp3) is 0.406. The number of amides is 2. The highest BCUT2D eigenvalue weighted by atomic mass is 16.7. The number of urea groups is 1. The maximum atomic E-state index is 12.1. The normalized spacial score (nSPS) is 22.6. The zero-order valence-electron chi connectivity index (χ0n) is 24.5. The number of nitrogens with zero attached hydrogens (tertiary/aromatic N) is 3. The molecule has 0 spiro atoms. The van der Waals surface area contributed by atoms with E-state index in [1.165, 1.54) is 0 Å². The summed E-state index contributed by atoms with van der Waals surface area (Å²) in [6, 6.07) is 21.8. The Labute approximate surface area is 251 Å². The van der Waals surface area contributed by atoms with Gasteiger partial charge in [-0.15, -0.1) is 0 Å². The zero-order valence-corrected chi connectivity index (χ0v) is 24.5. The van der Waals surface area contributed by atoms with Crippen molar-refractivity contribution in [1.82, 2.24) is 10.2 Å². The Morgan fingerprint density at radius 1 is 1.00 bits per heavy atom. The van der Waals surface area contributed by atoms with Gasteiger partial charge in [0.25, 0.3) is 5.69 Å². The number of nitro benzene ring substituents is 1. The smallest absolute Gasteiger partial charge is 0.319 e. The molecule has 43 heavy (non-hydrogen) atoms. The summed E-state index contributed by atoms with van der Waals surface area (Å²) in [7, 11) is 0. The molecule has 11 nitrogen and oxygen atoms in total. The van der Waals surface area contributed by atoms with Crippen LogP contribution in [-0.2, 0) is 16.1 Å². The van der Waals surface area contributed by atoms with Gasteiger partial charge in [-0.1, -0.05) is 43.3 Å². The number of anilines is 2. The van der Waals surface area contributed by atoms with Crippen molar-refractivity contribution in [2.45, 2.75) is 39.0 Å². The maximum absolute atomic E-state index is 12.1. The Bertz CT molecular complexity index is 1380. The maximum Gasteiger partial charge on any atom is 0.319 e. The van der Waals surface area contributed by atoms with Crippen LogP contribution in [0.3, 0.4) is 0 Å². The van der Waals surface area contributed by atoms with E-state index in [0.717, 1.165) is 55.1 Å². The van der Waals surface area contributed by atoms with Gasteiger partial charge in [0, 0.05) is 74.3 Å². The molecule has 2 amide bonds. The number of benzene rings is 3. The van der Waals surface area contributed by atoms with E-state index in [-0.39, 0.29) is 41.4 Å². The van der Waals surface area contributed by atoms with E-state index in [1.807, 2.05) is 67.6 Å². The Kier molecular flexibility index (Phi) is 9.88. The van der Waals surface area contributed by atoms with Crippen molar-refractivity contribution in [3.63, 3.8) is 0 Å². The lowest BCUT2D eigenvalue weighted by Gasteiger charge is -2.44. The SMILES string of the molecule is CCNC(=O)Nc1cccc(C2OC(CN3CCN(c4ccc([N+](=O)[O-])cc4)CC3)C(C)C(c3ccc(CO)cc3)O2)c1. The van der Waals surface area contributed by atoms with E-state index in [2.05, 4.69) is 27.4 Å². The van der Waals surface area contributed by atoms with Crippen LogP contribution in [0.5, 0.6) is 0 Å². The predicted molar refractivity (Wildman–Crippen MR) is 164 cm³/mol. The van der Waals surface area contributed by atoms with Gasteiger partial charge in [-0.25, -0.2) is 4.79 Å². The Morgan fingerprint density at radius 2 is 1.72 bits per heavy atom. The molecule has 228 valence electrons. The fourth-order valence-corrected chi connectivity index (χ4v) is 5.66. The van der Waals surface area contributed by atoms with Crippen molar-refractivity contribution in [2.24, 2.45) is 5.92 Å². The number of nitrogens with one attached hydrogen (secondary N) is 2. The average molecular weight is 590 g/mol. The topological polar surface area (TPSA) is 129 Å². The van der Waals surface area contributed by atoms with Gasteiger partial charge in [-0.2, -0.15) is 0 Å². The minimum Gasteiger partial charge on any atom is -0.392 e. The molecule has 2 saturated heterocycles. The molecule has 11 heteroatoms. The second kappa shape index (κ2) is 14.0. The quantitative estimate of drug-likeness (QED) is 0.239. The summed E-state index contributed by atoms with van der Waals surface area (Å²) >= 11 is 0. The van der Waals surface area contributed by atoms with Crippen molar-refractivity contribution >= 4 is 23.1 Å². The third-order valence-electron chi connectivity index (χ3n) is 8.11. The third kappa shape index (κ3) is 7.49. The second-order valence-corrected chi connectivity index (χ2v) is 11.0. The van der Waals surface area contributed by atoms with Gasteiger partial charge in [0.2, 0.25) is 0 Å². The number of aliphatic hydroxyl groups excluding tert-OH is 1. The van der Waals surface area contributed by atoms with E-state index in [9.17, 15) is 20.0 Å². The number of carbonyl (C=O) groups excluding carboxylic acids is 1. The number of nitro groups is 1. The predicted octanol–water partition coefficient (Wildman–Crippen LogP) is 4.84. The molecule has 2 aliphatic heterocycles. The summed E-state index contributed by atoms with van der Waals surface area (Å²) in [5.74, 6) is 0.0422. The van der Waals surface area contributed by atoms with E-state index in [0.29, 0.717) is 12.2 Å².